The largest absolute Gasteiger partial charge is 0.360 e. The molecule has 0 unspecified atom stereocenters. The molecule has 1 aromatic heterocycles. The van der Waals surface area contributed by atoms with Crippen LogP contribution in [-0.2, 0) is 14.4 Å². The van der Waals surface area contributed by atoms with Gasteiger partial charge >= 0.3 is 0 Å². The van der Waals surface area contributed by atoms with Crippen LogP contribution in [0, 0.1) is 12.7 Å². The van der Waals surface area contributed by atoms with E-state index in [1.54, 1.807) is 37.3 Å². The summed E-state index contributed by atoms with van der Waals surface area (Å²) in [7, 11) is 0. The Bertz CT molecular complexity index is 1280. The lowest BCUT2D eigenvalue weighted by atomic mass is 9.98. The van der Waals surface area contributed by atoms with Crippen LogP contribution in [0.1, 0.15) is 57.4 Å². The molecule has 10 heteroatoms. The number of benzene rings is 2. The molecular weight excluding hydrogens is 499 g/mol. The predicted molar refractivity (Wildman–Crippen MR) is 140 cm³/mol. The van der Waals surface area contributed by atoms with Crippen LogP contribution in [0.25, 0.3) is 0 Å². The van der Waals surface area contributed by atoms with Gasteiger partial charge in [-0.3, -0.25) is 19.3 Å². The van der Waals surface area contributed by atoms with Gasteiger partial charge in [-0.1, -0.05) is 47.9 Å². The van der Waals surface area contributed by atoms with Crippen LogP contribution < -0.4 is 15.5 Å². The third kappa shape index (κ3) is 7.39. The Kier molecular flexibility index (Phi) is 9.04. The highest BCUT2D eigenvalue weighted by molar-refractivity contribution is 6.31. The zero-order chi connectivity index (χ0) is 27.2. The van der Waals surface area contributed by atoms with E-state index >= 15 is 0 Å². The molecule has 0 aliphatic carbocycles. The molecule has 2 aromatic carbocycles. The lowest BCUT2D eigenvalue weighted by molar-refractivity contribution is -0.128. The predicted octanol–water partition coefficient (Wildman–Crippen LogP) is 5.57. The first kappa shape index (κ1) is 27.9. The van der Waals surface area contributed by atoms with Gasteiger partial charge < -0.3 is 15.2 Å². The molecule has 0 radical (unpaired) electrons. The highest BCUT2D eigenvalue weighted by atomic mass is 35.5. The van der Waals surface area contributed by atoms with Crippen molar-refractivity contribution in [3.8, 4) is 0 Å². The SMILES string of the molecule is CCC(C)(C)NC(=O)[C@@H](c1ccccc1Cl)N(C(=O)CCC(=O)Nc1cc(C)on1)c1cccc(F)c1. The smallest absolute Gasteiger partial charge is 0.248 e. The molecule has 0 bridgehead atoms. The lowest BCUT2D eigenvalue weighted by Gasteiger charge is -2.35. The number of halogens is 2. The van der Waals surface area contributed by atoms with Crippen LogP contribution in [0.3, 0.4) is 0 Å². The van der Waals surface area contributed by atoms with E-state index in [4.69, 9.17) is 16.1 Å². The van der Waals surface area contributed by atoms with Gasteiger partial charge in [0.25, 0.3) is 0 Å². The fourth-order valence-corrected chi connectivity index (χ4v) is 3.86. The van der Waals surface area contributed by atoms with E-state index in [2.05, 4.69) is 15.8 Å². The summed E-state index contributed by atoms with van der Waals surface area (Å²) in [4.78, 5) is 41.0. The Morgan fingerprint density at radius 3 is 2.46 bits per heavy atom. The highest BCUT2D eigenvalue weighted by Gasteiger charge is 2.36. The first-order chi connectivity index (χ1) is 17.5. The number of hydrogen-bond acceptors (Lipinski definition) is 5. The molecule has 0 aliphatic heterocycles. The normalized spacial score (nSPS) is 12.1. The van der Waals surface area contributed by atoms with E-state index in [9.17, 15) is 18.8 Å². The van der Waals surface area contributed by atoms with Crippen LogP contribution in [0.4, 0.5) is 15.9 Å². The summed E-state index contributed by atoms with van der Waals surface area (Å²) >= 11 is 6.48. The minimum absolute atomic E-state index is 0.159. The summed E-state index contributed by atoms with van der Waals surface area (Å²) < 4.78 is 19.2. The fourth-order valence-electron chi connectivity index (χ4n) is 3.62. The van der Waals surface area contributed by atoms with Crippen LogP contribution >= 0.6 is 11.6 Å². The molecule has 2 N–H and O–H groups in total. The summed E-state index contributed by atoms with van der Waals surface area (Å²) in [6.07, 6.45) is 0.169. The Hall–Kier alpha value is -3.72. The third-order valence-corrected chi connectivity index (χ3v) is 6.21. The number of rotatable bonds is 10. The van der Waals surface area contributed by atoms with Gasteiger partial charge in [-0.2, -0.15) is 0 Å². The molecule has 0 saturated heterocycles. The van der Waals surface area contributed by atoms with Gasteiger partial charge in [0.1, 0.15) is 17.6 Å². The van der Waals surface area contributed by atoms with Crippen molar-refractivity contribution in [2.45, 2.75) is 58.5 Å². The number of nitrogens with zero attached hydrogens (tertiary/aromatic N) is 2. The van der Waals surface area contributed by atoms with Gasteiger partial charge in [-0.15, -0.1) is 0 Å². The maximum atomic E-state index is 14.3. The summed E-state index contributed by atoms with van der Waals surface area (Å²) in [5.74, 6) is -1.35. The number of aryl methyl sites for hydroxylation is 1. The van der Waals surface area contributed by atoms with Gasteiger partial charge in [-0.05, 0) is 51.5 Å². The Balaban J connectivity index is 1.98. The van der Waals surface area contributed by atoms with Crippen LogP contribution in [0.5, 0.6) is 0 Å². The molecule has 3 amide bonds. The molecule has 0 fully saturated rings. The van der Waals surface area contributed by atoms with E-state index in [0.29, 0.717) is 17.7 Å². The van der Waals surface area contributed by atoms with Crippen molar-refractivity contribution in [2.75, 3.05) is 10.2 Å². The van der Waals surface area contributed by atoms with Crippen molar-refractivity contribution in [3.63, 3.8) is 0 Å². The minimum Gasteiger partial charge on any atom is -0.360 e. The first-order valence-corrected chi connectivity index (χ1v) is 12.3. The van der Waals surface area contributed by atoms with Crippen molar-refractivity contribution in [3.05, 3.63) is 76.8 Å². The third-order valence-electron chi connectivity index (χ3n) is 5.87. The lowest BCUT2D eigenvalue weighted by Crippen LogP contribution is -2.50. The zero-order valence-corrected chi connectivity index (χ0v) is 21.9. The van der Waals surface area contributed by atoms with Gasteiger partial charge in [0, 0.05) is 40.7 Å². The Labute approximate surface area is 220 Å². The fraction of sp³-hybridized carbons (Fsp3) is 0.333. The molecule has 1 heterocycles. The minimum atomic E-state index is -1.21. The van der Waals surface area contributed by atoms with Crippen molar-refractivity contribution in [2.24, 2.45) is 0 Å². The van der Waals surface area contributed by atoms with E-state index in [0.717, 1.165) is 6.07 Å². The van der Waals surface area contributed by atoms with Crippen molar-refractivity contribution < 1.29 is 23.3 Å². The number of aromatic nitrogens is 1. The van der Waals surface area contributed by atoms with Gasteiger partial charge in [-0.25, -0.2) is 4.39 Å². The quantitative estimate of drug-likeness (QED) is 0.358. The summed E-state index contributed by atoms with van der Waals surface area (Å²) in [5.41, 5.74) is -0.0522. The monoisotopic (exact) mass is 528 g/mol. The first-order valence-electron chi connectivity index (χ1n) is 11.9. The van der Waals surface area contributed by atoms with Crippen LogP contribution in [0.15, 0.2) is 59.1 Å². The topological polar surface area (TPSA) is 105 Å². The number of carbonyl (C=O) groups excluding carboxylic acids is 3. The molecule has 1 atom stereocenters. The number of anilines is 2. The molecule has 3 rings (SSSR count). The van der Waals surface area contributed by atoms with Crippen LogP contribution in [0.2, 0.25) is 5.02 Å². The number of carbonyl (C=O) groups is 3. The molecule has 37 heavy (non-hydrogen) atoms. The maximum absolute atomic E-state index is 14.3. The Morgan fingerprint density at radius 2 is 1.84 bits per heavy atom. The average molecular weight is 529 g/mol. The summed E-state index contributed by atoms with van der Waals surface area (Å²) in [6, 6.07) is 12.4. The summed E-state index contributed by atoms with van der Waals surface area (Å²) in [5, 5.41) is 9.51. The number of hydrogen-bond donors (Lipinski definition) is 2. The van der Waals surface area contributed by atoms with E-state index in [1.165, 1.54) is 23.1 Å². The molecule has 0 aliphatic rings. The molecule has 196 valence electrons. The van der Waals surface area contributed by atoms with Gasteiger partial charge in [0.05, 0.1) is 0 Å². The maximum Gasteiger partial charge on any atom is 0.248 e. The second-order valence-electron chi connectivity index (χ2n) is 9.27. The van der Waals surface area contributed by atoms with E-state index < -0.39 is 35.1 Å². The van der Waals surface area contributed by atoms with Crippen LogP contribution in [-0.4, -0.2) is 28.4 Å². The van der Waals surface area contributed by atoms with Gasteiger partial charge in [0.2, 0.25) is 17.7 Å². The highest BCUT2D eigenvalue weighted by Crippen LogP contribution is 2.33. The van der Waals surface area contributed by atoms with E-state index in [-0.39, 0.29) is 29.4 Å². The molecule has 3 aromatic rings. The standard InChI is InChI=1S/C27H30ClFN4O4/c1-5-27(3,4)31-26(36)25(20-11-6-7-12-21(20)28)33(19-10-8-9-18(29)16-19)24(35)14-13-23(34)30-22-15-17(2)37-32-22/h6-12,15-16,25H,5,13-14H2,1-4H3,(H,31,36)(H,30,32,34)/t25-/m1/s1. The second kappa shape index (κ2) is 12.0. The van der Waals surface area contributed by atoms with Gasteiger partial charge in [0.15, 0.2) is 5.82 Å². The van der Waals surface area contributed by atoms with Crippen molar-refractivity contribution >= 4 is 40.8 Å². The zero-order valence-electron chi connectivity index (χ0n) is 21.2. The van der Waals surface area contributed by atoms with Crippen molar-refractivity contribution in [1.82, 2.24) is 10.5 Å². The van der Waals surface area contributed by atoms with E-state index in [1.807, 2.05) is 20.8 Å². The Morgan fingerprint density at radius 1 is 1.11 bits per heavy atom. The van der Waals surface area contributed by atoms with Crippen molar-refractivity contribution in [1.29, 1.82) is 0 Å². The molecule has 0 spiro atoms. The second-order valence-corrected chi connectivity index (χ2v) is 9.67. The summed E-state index contributed by atoms with van der Waals surface area (Å²) in [6.45, 7) is 7.33. The number of nitrogens with one attached hydrogen (secondary N) is 2. The molecule has 8 nitrogen and oxygen atoms in total. The molecular formula is C27H30ClFN4O4. The average Bonchev–Trinajstić information content (AvgIpc) is 3.25. The number of amides is 3. The molecule has 0 saturated carbocycles.